The van der Waals surface area contributed by atoms with Gasteiger partial charge in [0.15, 0.2) is 5.78 Å². The number of halogens is 1. The number of aryl methyl sites for hydroxylation is 2. The molecule has 2 aromatic carbocycles. The normalized spacial score (nSPS) is 12.1. The second kappa shape index (κ2) is 7.01. The molecule has 21 heavy (non-hydrogen) atoms. The van der Waals surface area contributed by atoms with Crippen molar-refractivity contribution in [1.29, 1.82) is 0 Å². The molecular weight excluding hydrogens is 304 g/mol. The summed E-state index contributed by atoms with van der Waals surface area (Å²) in [5.41, 5.74) is 3.85. The molecule has 0 spiro atoms. The Balaban J connectivity index is 2.01. The fourth-order valence-electron chi connectivity index (χ4n) is 2.25. The first-order valence-corrected chi connectivity index (χ1v) is 8.51. The lowest BCUT2D eigenvalue weighted by atomic mass is 10.1. The van der Waals surface area contributed by atoms with E-state index in [1.165, 1.54) is 0 Å². The number of carbonyl (C=O) groups is 1. The number of hydrogen-bond donors (Lipinski definition) is 0. The fraction of sp³-hybridized carbons (Fsp3) is 0.235. The summed E-state index contributed by atoms with van der Waals surface area (Å²) in [6.45, 7) is 4.02. The van der Waals surface area contributed by atoms with E-state index < -0.39 is 10.8 Å². The van der Waals surface area contributed by atoms with Crippen LogP contribution in [0.3, 0.4) is 0 Å². The van der Waals surface area contributed by atoms with Gasteiger partial charge >= 0.3 is 0 Å². The van der Waals surface area contributed by atoms with Gasteiger partial charge in [0.1, 0.15) is 0 Å². The lowest BCUT2D eigenvalue weighted by molar-refractivity contribution is 0.102. The number of carbonyl (C=O) groups excluding carboxylic acids is 1. The average Bonchev–Trinajstić information content (AvgIpc) is 2.37. The smallest absolute Gasteiger partial charge is 0.175 e. The van der Waals surface area contributed by atoms with E-state index in [0.29, 0.717) is 16.3 Å². The Hall–Kier alpha value is -1.45. The summed E-state index contributed by atoms with van der Waals surface area (Å²) in [5, 5.41) is 0.586. The van der Waals surface area contributed by atoms with Gasteiger partial charge in [0, 0.05) is 27.1 Å². The number of rotatable bonds is 5. The molecule has 1 atom stereocenters. The SMILES string of the molecule is Cc1cc(C)cc(CS(=O)CC(=O)c2ccc(Cl)cc2)c1. The van der Waals surface area contributed by atoms with Gasteiger partial charge in [-0.1, -0.05) is 40.9 Å². The van der Waals surface area contributed by atoms with Crippen molar-refractivity contribution < 1.29 is 9.00 Å². The minimum atomic E-state index is -1.21. The van der Waals surface area contributed by atoms with Crippen LogP contribution in [0.2, 0.25) is 5.02 Å². The van der Waals surface area contributed by atoms with Crippen LogP contribution in [0.5, 0.6) is 0 Å². The van der Waals surface area contributed by atoms with Crippen LogP contribution in [-0.4, -0.2) is 15.7 Å². The third kappa shape index (κ3) is 4.80. The quantitative estimate of drug-likeness (QED) is 0.778. The summed E-state index contributed by atoms with van der Waals surface area (Å²) in [7, 11) is -1.21. The van der Waals surface area contributed by atoms with Crippen LogP contribution >= 0.6 is 11.6 Å². The zero-order chi connectivity index (χ0) is 15.4. The van der Waals surface area contributed by atoms with Crippen LogP contribution in [0.15, 0.2) is 42.5 Å². The van der Waals surface area contributed by atoms with Gasteiger partial charge in [-0.3, -0.25) is 9.00 Å². The maximum absolute atomic E-state index is 12.1. The van der Waals surface area contributed by atoms with E-state index in [1.54, 1.807) is 24.3 Å². The maximum atomic E-state index is 12.1. The third-order valence-corrected chi connectivity index (χ3v) is 4.56. The van der Waals surface area contributed by atoms with E-state index in [9.17, 15) is 9.00 Å². The molecule has 0 saturated carbocycles. The van der Waals surface area contributed by atoms with Gasteiger partial charge in [-0.15, -0.1) is 0 Å². The number of benzene rings is 2. The first kappa shape index (κ1) is 15.9. The zero-order valence-corrected chi connectivity index (χ0v) is 13.6. The van der Waals surface area contributed by atoms with Crippen LogP contribution < -0.4 is 0 Å². The highest BCUT2D eigenvalue weighted by Gasteiger charge is 2.11. The minimum absolute atomic E-state index is 0.0363. The molecule has 0 aromatic heterocycles. The van der Waals surface area contributed by atoms with E-state index >= 15 is 0 Å². The molecule has 0 bridgehead atoms. The summed E-state index contributed by atoms with van der Waals surface area (Å²) in [6, 6.07) is 12.8. The molecule has 0 fully saturated rings. The van der Waals surface area contributed by atoms with E-state index in [4.69, 9.17) is 11.6 Å². The number of hydrogen-bond acceptors (Lipinski definition) is 2. The van der Waals surface area contributed by atoms with Crippen molar-refractivity contribution in [3.8, 4) is 0 Å². The van der Waals surface area contributed by atoms with Crippen molar-refractivity contribution in [3.63, 3.8) is 0 Å². The highest BCUT2D eigenvalue weighted by Crippen LogP contribution is 2.13. The largest absolute Gasteiger partial charge is 0.293 e. The second-order valence-electron chi connectivity index (χ2n) is 5.15. The molecule has 0 amide bonds. The fourth-order valence-corrected chi connectivity index (χ4v) is 3.48. The Labute approximate surface area is 132 Å². The second-order valence-corrected chi connectivity index (χ2v) is 7.05. The minimum Gasteiger partial charge on any atom is -0.293 e. The van der Waals surface area contributed by atoms with Gasteiger partial charge in [0.2, 0.25) is 0 Å². The summed E-state index contributed by atoms with van der Waals surface area (Å²) in [4.78, 5) is 12.1. The standard InChI is InChI=1S/C17H17ClO2S/c1-12-7-13(2)9-14(8-12)10-21(20)11-17(19)15-3-5-16(18)6-4-15/h3-9H,10-11H2,1-2H3. The topological polar surface area (TPSA) is 34.1 Å². The Morgan fingerprint density at radius 1 is 1.05 bits per heavy atom. The molecule has 0 saturated heterocycles. The van der Waals surface area contributed by atoms with Crippen LogP contribution in [0.1, 0.15) is 27.0 Å². The molecule has 2 aromatic rings. The van der Waals surface area contributed by atoms with Gasteiger partial charge in [-0.05, 0) is 43.7 Å². The Kier molecular flexibility index (Phi) is 5.32. The van der Waals surface area contributed by atoms with Crippen LogP contribution in [0.4, 0.5) is 0 Å². The van der Waals surface area contributed by atoms with Gasteiger partial charge in [-0.2, -0.15) is 0 Å². The van der Waals surface area contributed by atoms with Crippen LogP contribution in [0.25, 0.3) is 0 Å². The summed E-state index contributed by atoms with van der Waals surface area (Å²) >= 11 is 5.79. The molecule has 0 aliphatic rings. The molecule has 2 nitrogen and oxygen atoms in total. The molecule has 110 valence electrons. The predicted octanol–water partition coefficient (Wildman–Crippen LogP) is 4.09. The third-order valence-electron chi connectivity index (χ3n) is 3.07. The van der Waals surface area contributed by atoms with E-state index in [0.717, 1.165) is 16.7 Å². The molecule has 0 N–H and O–H groups in total. The Morgan fingerprint density at radius 3 is 2.19 bits per heavy atom. The highest BCUT2D eigenvalue weighted by atomic mass is 35.5. The number of Topliss-reactive ketones (excluding diaryl/α,β-unsaturated/α-hetero) is 1. The van der Waals surface area contributed by atoms with Gasteiger partial charge in [0.05, 0.1) is 5.75 Å². The van der Waals surface area contributed by atoms with E-state index in [-0.39, 0.29) is 11.5 Å². The Bertz CT molecular complexity index is 657. The average molecular weight is 321 g/mol. The first-order valence-electron chi connectivity index (χ1n) is 6.65. The highest BCUT2D eigenvalue weighted by molar-refractivity contribution is 7.85. The van der Waals surface area contributed by atoms with Gasteiger partial charge in [0.25, 0.3) is 0 Å². The van der Waals surface area contributed by atoms with Gasteiger partial charge < -0.3 is 0 Å². The van der Waals surface area contributed by atoms with Crippen molar-refractivity contribution in [2.75, 3.05) is 5.75 Å². The van der Waals surface area contributed by atoms with Crippen LogP contribution in [0, 0.1) is 13.8 Å². The molecule has 1 unspecified atom stereocenters. The monoisotopic (exact) mass is 320 g/mol. The van der Waals surface area contributed by atoms with Crippen molar-refractivity contribution >= 4 is 28.2 Å². The van der Waals surface area contributed by atoms with Crippen molar-refractivity contribution in [2.45, 2.75) is 19.6 Å². The predicted molar refractivity (Wildman–Crippen MR) is 88.4 cm³/mol. The molecule has 0 heterocycles. The molecule has 0 aliphatic carbocycles. The Morgan fingerprint density at radius 2 is 1.62 bits per heavy atom. The molecular formula is C17H17ClO2S. The first-order chi connectivity index (χ1) is 9.94. The summed E-state index contributed by atoms with van der Waals surface area (Å²) < 4.78 is 12.1. The number of ketones is 1. The lowest BCUT2D eigenvalue weighted by Crippen LogP contribution is -2.12. The van der Waals surface area contributed by atoms with Gasteiger partial charge in [-0.25, -0.2) is 0 Å². The van der Waals surface area contributed by atoms with Crippen molar-refractivity contribution in [2.24, 2.45) is 0 Å². The maximum Gasteiger partial charge on any atom is 0.175 e. The van der Waals surface area contributed by atoms with Crippen molar-refractivity contribution in [1.82, 2.24) is 0 Å². The van der Waals surface area contributed by atoms with E-state index in [1.807, 2.05) is 26.0 Å². The van der Waals surface area contributed by atoms with Crippen molar-refractivity contribution in [3.05, 3.63) is 69.7 Å². The molecule has 0 aliphatic heterocycles. The van der Waals surface area contributed by atoms with E-state index in [2.05, 4.69) is 6.07 Å². The molecule has 0 radical (unpaired) electrons. The molecule has 4 heteroatoms. The molecule has 2 rings (SSSR count). The van der Waals surface area contributed by atoms with Crippen LogP contribution in [-0.2, 0) is 16.6 Å². The summed E-state index contributed by atoms with van der Waals surface area (Å²) in [6.07, 6.45) is 0. The summed E-state index contributed by atoms with van der Waals surface area (Å²) in [5.74, 6) is 0.325. The zero-order valence-electron chi connectivity index (χ0n) is 12.1. The lowest BCUT2D eigenvalue weighted by Gasteiger charge is -2.05.